The molecule has 4 rings (SSSR count). The van der Waals surface area contributed by atoms with Crippen molar-refractivity contribution in [2.24, 2.45) is 7.05 Å². The maximum absolute atomic E-state index is 12.2. The van der Waals surface area contributed by atoms with Crippen molar-refractivity contribution in [2.75, 3.05) is 5.73 Å². The minimum absolute atomic E-state index is 0.0768. The Labute approximate surface area is 174 Å². The predicted molar refractivity (Wildman–Crippen MR) is 116 cm³/mol. The molecule has 0 spiro atoms. The van der Waals surface area contributed by atoms with Crippen LogP contribution in [0.1, 0.15) is 19.9 Å². The van der Waals surface area contributed by atoms with E-state index in [1.807, 2.05) is 80.3 Å². The van der Waals surface area contributed by atoms with E-state index in [0.717, 1.165) is 11.1 Å². The summed E-state index contributed by atoms with van der Waals surface area (Å²) in [5.74, 6) is 0.334. The summed E-state index contributed by atoms with van der Waals surface area (Å²) in [6.07, 6.45) is 3.88. The van der Waals surface area contributed by atoms with E-state index in [1.54, 1.807) is 6.07 Å². The quantitative estimate of drug-likeness (QED) is 0.533. The van der Waals surface area contributed by atoms with Gasteiger partial charge >= 0.3 is 0 Å². The molecule has 3 heterocycles. The molecule has 0 saturated carbocycles. The molecule has 30 heavy (non-hydrogen) atoms. The van der Waals surface area contributed by atoms with Crippen molar-refractivity contribution in [2.45, 2.75) is 19.9 Å². The summed E-state index contributed by atoms with van der Waals surface area (Å²) in [6.45, 7) is 3.83. The van der Waals surface area contributed by atoms with Crippen LogP contribution in [-0.4, -0.2) is 19.7 Å². The fourth-order valence-corrected chi connectivity index (χ4v) is 3.29. The Bertz CT molecular complexity index is 1260. The standard InChI is InChI=1S/C23H23N6O/c1-15(2)29-19(30)12-11-18(27-29)22-20(16-8-5-4-6-9-16)26-23(24)21(25-22)17-10-7-13-28(3)14-17/h4-15H,1-3H3,(H2,24,26)/q+1. The minimum Gasteiger partial charge on any atom is -0.382 e. The highest BCUT2D eigenvalue weighted by Crippen LogP contribution is 2.32. The average Bonchev–Trinajstić information content (AvgIpc) is 2.74. The third-order valence-corrected chi connectivity index (χ3v) is 4.74. The first-order valence-electron chi connectivity index (χ1n) is 9.73. The topological polar surface area (TPSA) is 90.6 Å². The van der Waals surface area contributed by atoms with Crippen LogP contribution in [0, 0.1) is 0 Å². The van der Waals surface area contributed by atoms with Crippen LogP contribution in [0.4, 0.5) is 5.82 Å². The van der Waals surface area contributed by atoms with Crippen LogP contribution in [0.15, 0.2) is 71.8 Å². The number of nitrogens with zero attached hydrogens (tertiary/aromatic N) is 5. The molecule has 0 aliphatic rings. The van der Waals surface area contributed by atoms with Gasteiger partial charge in [0.15, 0.2) is 18.2 Å². The second-order valence-corrected chi connectivity index (χ2v) is 7.37. The van der Waals surface area contributed by atoms with Crippen molar-refractivity contribution in [1.29, 1.82) is 0 Å². The molecule has 0 aliphatic carbocycles. The van der Waals surface area contributed by atoms with Crippen molar-refractivity contribution in [1.82, 2.24) is 19.7 Å². The molecule has 0 atom stereocenters. The Kier molecular flexibility index (Phi) is 5.10. The monoisotopic (exact) mass is 399 g/mol. The van der Waals surface area contributed by atoms with E-state index in [0.29, 0.717) is 28.6 Å². The Morgan fingerprint density at radius 2 is 1.63 bits per heavy atom. The fraction of sp³-hybridized carbons (Fsp3) is 0.174. The molecule has 4 aromatic rings. The Morgan fingerprint density at radius 1 is 0.900 bits per heavy atom. The maximum Gasteiger partial charge on any atom is 0.267 e. The van der Waals surface area contributed by atoms with Crippen LogP contribution in [0.25, 0.3) is 33.9 Å². The number of aromatic nitrogens is 5. The van der Waals surface area contributed by atoms with Crippen molar-refractivity contribution >= 4 is 5.82 Å². The minimum atomic E-state index is -0.159. The number of hydrogen-bond donors (Lipinski definition) is 1. The van der Waals surface area contributed by atoms with E-state index in [2.05, 4.69) is 5.10 Å². The van der Waals surface area contributed by atoms with Gasteiger partial charge in [-0.2, -0.15) is 5.10 Å². The lowest BCUT2D eigenvalue weighted by molar-refractivity contribution is -0.671. The summed E-state index contributed by atoms with van der Waals surface area (Å²) < 4.78 is 3.38. The van der Waals surface area contributed by atoms with Crippen LogP contribution in [0.5, 0.6) is 0 Å². The summed E-state index contributed by atoms with van der Waals surface area (Å²) in [5.41, 5.74) is 10.2. The molecule has 2 N–H and O–H groups in total. The lowest BCUT2D eigenvalue weighted by Gasteiger charge is -2.14. The van der Waals surface area contributed by atoms with Gasteiger partial charge in [-0.1, -0.05) is 30.3 Å². The van der Waals surface area contributed by atoms with Crippen molar-refractivity contribution in [3.8, 4) is 33.9 Å². The van der Waals surface area contributed by atoms with Gasteiger partial charge in [-0.15, -0.1) is 0 Å². The fourth-order valence-electron chi connectivity index (χ4n) is 3.29. The first-order chi connectivity index (χ1) is 14.4. The first kappa shape index (κ1) is 19.4. The van der Waals surface area contributed by atoms with Gasteiger partial charge in [-0.05, 0) is 26.0 Å². The van der Waals surface area contributed by atoms with E-state index in [9.17, 15) is 4.79 Å². The van der Waals surface area contributed by atoms with Gasteiger partial charge in [0, 0.05) is 17.7 Å². The van der Waals surface area contributed by atoms with Gasteiger partial charge in [0.05, 0.1) is 11.6 Å². The van der Waals surface area contributed by atoms with E-state index in [-0.39, 0.29) is 11.6 Å². The molecule has 7 heteroatoms. The zero-order valence-corrected chi connectivity index (χ0v) is 17.1. The van der Waals surface area contributed by atoms with Crippen LogP contribution >= 0.6 is 0 Å². The maximum atomic E-state index is 12.2. The highest BCUT2D eigenvalue weighted by Gasteiger charge is 2.19. The van der Waals surface area contributed by atoms with E-state index < -0.39 is 0 Å². The molecule has 1 aromatic carbocycles. The molecule has 0 fully saturated rings. The van der Waals surface area contributed by atoms with E-state index >= 15 is 0 Å². The summed E-state index contributed by atoms with van der Waals surface area (Å²) in [4.78, 5) is 21.8. The molecular formula is C23H23N6O+. The summed E-state index contributed by atoms with van der Waals surface area (Å²) in [5, 5.41) is 4.57. The summed E-state index contributed by atoms with van der Waals surface area (Å²) in [6, 6.07) is 16.7. The molecule has 0 radical (unpaired) electrons. The van der Waals surface area contributed by atoms with Gasteiger partial charge < -0.3 is 5.73 Å². The second kappa shape index (κ2) is 7.87. The molecule has 0 bridgehead atoms. The van der Waals surface area contributed by atoms with Crippen molar-refractivity contribution in [3.05, 3.63) is 77.3 Å². The molecule has 150 valence electrons. The molecule has 0 saturated heterocycles. The Morgan fingerprint density at radius 3 is 2.33 bits per heavy atom. The summed E-state index contributed by atoms with van der Waals surface area (Å²) in [7, 11) is 1.94. The smallest absolute Gasteiger partial charge is 0.267 e. The number of aryl methyl sites for hydroxylation is 1. The van der Waals surface area contributed by atoms with Crippen LogP contribution in [0.3, 0.4) is 0 Å². The number of rotatable bonds is 4. The van der Waals surface area contributed by atoms with Crippen molar-refractivity contribution < 1.29 is 4.57 Å². The molecule has 7 nitrogen and oxygen atoms in total. The molecule has 3 aromatic heterocycles. The van der Waals surface area contributed by atoms with Crippen molar-refractivity contribution in [3.63, 3.8) is 0 Å². The number of pyridine rings is 1. The predicted octanol–water partition coefficient (Wildman–Crippen LogP) is 3.02. The van der Waals surface area contributed by atoms with Gasteiger partial charge in [0.25, 0.3) is 5.56 Å². The van der Waals surface area contributed by atoms with Gasteiger partial charge in [0.1, 0.15) is 29.8 Å². The zero-order valence-electron chi connectivity index (χ0n) is 17.1. The van der Waals surface area contributed by atoms with E-state index in [1.165, 1.54) is 10.7 Å². The van der Waals surface area contributed by atoms with Gasteiger partial charge in [0.2, 0.25) is 0 Å². The molecule has 0 unspecified atom stereocenters. The highest BCUT2D eigenvalue weighted by molar-refractivity contribution is 5.81. The largest absolute Gasteiger partial charge is 0.382 e. The van der Waals surface area contributed by atoms with Gasteiger partial charge in [-0.3, -0.25) is 4.79 Å². The number of benzene rings is 1. The molecule has 0 aliphatic heterocycles. The lowest BCUT2D eigenvalue weighted by atomic mass is 10.1. The number of nitrogen functional groups attached to an aromatic ring is 1. The SMILES string of the molecule is CC(C)n1nc(-c2nc(-c3ccc[n+](C)c3)c(N)nc2-c2ccccc2)ccc1=O. The second-order valence-electron chi connectivity index (χ2n) is 7.37. The number of hydrogen-bond acceptors (Lipinski definition) is 5. The van der Waals surface area contributed by atoms with Crippen LogP contribution in [0.2, 0.25) is 0 Å². The van der Waals surface area contributed by atoms with E-state index in [4.69, 9.17) is 15.7 Å². The third-order valence-electron chi connectivity index (χ3n) is 4.74. The zero-order chi connectivity index (χ0) is 21.3. The first-order valence-corrected chi connectivity index (χ1v) is 9.73. The normalized spacial score (nSPS) is 11.1. The Balaban J connectivity index is 2.00. The average molecular weight is 399 g/mol. The third kappa shape index (κ3) is 3.69. The van der Waals surface area contributed by atoms with Crippen LogP contribution in [-0.2, 0) is 7.05 Å². The number of anilines is 1. The molecular weight excluding hydrogens is 376 g/mol. The highest BCUT2D eigenvalue weighted by atomic mass is 16.1. The summed E-state index contributed by atoms with van der Waals surface area (Å²) >= 11 is 0. The lowest BCUT2D eigenvalue weighted by Crippen LogP contribution is -2.26. The molecule has 0 amide bonds. The Hall–Kier alpha value is -3.87. The number of nitrogens with two attached hydrogens (primary N) is 1. The van der Waals surface area contributed by atoms with Crippen LogP contribution < -0.4 is 15.9 Å². The van der Waals surface area contributed by atoms with Gasteiger partial charge in [-0.25, -0.2) is 19.2 Å².